The van der Waals surface area contributed by atoms with Crippen molar-refractivity contribution in [3.8, 4) is 5.75 Å². The average molecular weight is 508 g/mol. The quantitative estimate of drug-likeness (QED) is 0.199. The molecule has 2 aromatic rings. The van der Waals surface area contributed by atoms with Crippen LogP contribution < -0.4 is 10.1 Å². The van der Waals surface area contributed by atoms with Crippen LogP contribution in [0.5, 0.6) is 5.75 Å². The van der Waals surface area contributed by atoms with E-state index >= 15 is 0 Å². The van der Waals surface area contributed by atoms with E-state index in [9.17, 15) is 23.5 Å². The van der Waals surface area contributed by atoms with Gasteiger partial charge in [0.25, 0.3) is 5.91 Å². The summed E-state index contributed by atoms with van der Waals surface area (Å²) < 4.78 is 33.2. The lowest BCUT2D eigenvalue weighted by Gasteiger charge is -2.13. The maximum atomic E-state index is 13.9. The largest absolute Gasteiger partial charge is 0.478 e. The van der Waals surface area contributed by atoms with Crippen LogP contribution in [0.1, 0.15) is 48.2 Å². The van der Waals surface area contributed by atoms with Crippen molar-refractivity contribution in [3.63, 3.8) is 0 Å². The molecule has 0 bridgehead atoms. The van der Waals surface area contributed by atoms with Gasteiger partial charge in [-0.2, -0.15) is 0 Å². The topological polar surface area (TPSA) is 75.6 Å². The number of hydrogen-bond donors (Lipinski definition) is 2. The molecule has 0 saturated heterocycles. The standard InChI is InChI=1S/C25H24ClF2NO4S/c1-5-7-8-20(33-21-12-17(27)11-19(28)15(21)4)23(30)29-24-22(25(31)32)18(13-34-24)16(6-2)10-9-14(3)26/h6,8-13H,2,5,7H2,1,3-4H3,(H,29,30)(H,31,32). The lowest BCUT2D eigenvalue weighted by molar-refractivity contribution is -0.114. The van der Waals surface area contributed by atoms with Crippen molar-refractivity contribution in [2.24, 2.45) is 0 Å². The molecule has 0 aliphatic heterocycles. The van der Waals surface area contributed by atoms with E-state index in [-0.39, 0.29) is 27.6 Å². The number of carboxylic acids is 1. The van der Waals surface area contributed by atoms with E-state index in [1.165, 1.54) is 19.1 Å². The molecule has 9 heteroatoms. The minimum Gasteiger partial charge on any atom is -0.478 e. The van der Waals surface area contributed by atoms with E-state index < -0.39 is 23.5 Å². The number of hydrogen-bond acceptors (Lipinski definition) is 4. The molecule has 0 radical (unpaired) electrons. The first-order chi connectivity index (χ1) is 16.1. The summed E-state index contributed by atoms with van der Waals surface area (Å²) in [5.41, 5.74) is 0.746. The number of unbranched alkanes of at least 4 members (excludes halogenated alkanes) is 1. The first-order valence-electron chi connectivity index (χ1n) is 10.3. The summed E-state index contributed by atoms with van der Waals surface area (Å²) >= 11 is 6.87. The lowest BCUT2D eigenvalue weighted by atomic mass is 10.0. The summed E-state index contributed by atoms with van der Waals surface area (Å²) in [6.07, 6.45) is 7.31. The average Bonchev–Trinajstić information content (AvgIpc) is 3.18. The van der Waals surface area contributed by atoms with Crippen molar-refractivity contribution in [1.82, 2.24) is 0 Å². The first-order valence-corrected chi connectivity index (χ1v) is 11.5. The minimum atomic E-state index is -1.26. The predicted molar refractivity (Wildman–Crippen MR) is 132 cm³/mol. The van der Waals surface area contributed by atoms with Crippen molar-refractivity contribution >= 4 is 45.4 Å². The normalized spacial score (nSPS) is 12.5. The van der Waals surface area contributed by atoms with Gasteiger partial charge in [0.15, 0.2) is 5.76 Å². The number of allylic oxidation sites excluding steroid dienone is 6. The van der Waals surface area contributed by atoms with Crippen molar-refractivity contribution in [2.75, 3.05) is 5.32 Å². The maximum Gasteiger partial charge on any atom is 0.339 e. The summed E-state index contributed by atoms with van der Waals surface area (Å²) in [5.74, 6) is -4.04. The van der Waals surface area contributed by atoms with Crippen LogP contribution in [0.4, 0.5) is 13.8 Å². The molecule has 2 N–H and O–H groups in total. The smallest absolute Gasteiger partial charge is 0.339 e. The molecule has 5 nitrogen and oxygen atoms in total. The van der Waals surface area contributed by atoms with Gasteiger partial charge < -0.3 is 15.2 Å². The van der Waals surface area contributed by atoms with E-state index in [1.807, 2.05) is 6.92 Å². The zero-order chi connectivity index (χ0) is 25.4. The van der Waals surface area contributed by atoms with Gasteiger partial charge in [0, 0.05) is 33.7 Å². The number of aromatic carboxylic acids is 1. The number of thiophene rings is 1. The molecule has 1 heterocycles. The van der Waals surface area contributed by atoms with Gasteiger partial charge in [0.05, 0.1) is 0 Å². The highest BCUT2D eigenvalue weighted by molar-refractivity contribution is 7.15. The van der Waals surface area contributed by atoms with E-state index in [0.717, 1.165) is 23.5 Å². The second-order valence-electron chi connectivity index (χ2n) is 7.16. The molecule has 180 valence electrons. The molecule has 0 aliphatic rings. The van der Waals surface area contributed by atoms with Gasteiger partial charge in [-0.15, -0.1) is 11.3 Å². The molecule has 0 saturated carbocycles. The van der Waals surface area contributed by atoms with E-state index in [2.05, 4.69) is 11.9 Å². The van der Waals surface area contributed by atoms with Crippen LogP contribution in [-0.2, 0) is 4.79 Å². The SMILES string of the molecule is C=CC(=CC=C(C)Cl)c1csc(NC(=O)C(=CCCC)Oc2cc(F)cc(F)c2C)c1C(=O)O. The molecule has 0 spiro atoms. The fourth-order valence-corrected chi connectivity index (χ4v) is 3.83. The number of carboxylic acid groups (broad SMARTS) is 1. The summed E-state index contributed by atoms with van der Waals surface area (Å²) in [4.78, 5) is 25.0. The highest BCUT2D eigenvalue weighted by atomic mass is 35.5. The highest BCUT2D eigenvalue weighted by Gasteiger charge is 2.23. The number of amides is 1. The van der Waals surface area contributed by atoms with Crippen molar-refractivity contribution in [1.29, 1.82) is 0 Å². The molecule has 0 fully saturated rings. The van der Waals surface area contributed by atoms with Crippen LogP contribution in [0.15, 0.2) is 59.2 Å². The van der Waals surface area contributed by atoms with Gasteiger partial charge in [0.1, 0.15) is 27.9 Å². The molecule has 0 atom stereocenters. The molecule has 34 heavy (non-hydrogen) atoms. The summed E-state index contributed by atoms with van der Waals surface area (Å²) in [5, 5.41) is 14.5. The first kappa shape index (κ1) is 27.0. The number of rotatable bonds is 10. The Hall–Kier alpha value is -3.23. The predicted octanol–water partition coefficient (Wildman–Crippen LogP) is 7.45. The number of benzene rings is 1. The van der Waals surface area contributed by atoms with E-state index in [1.54, 1.807) is 24.5 Å². The Morgan fingerprint density at radius 1 is 1.29 bits per heavy atom. The van der Waals surface area contributed by atoms with Gasteiger partial charge in [0.2, 0.25) is 0 Å². The van der Waals surface area contributed by atoms with Crippen molar-refractivity contribution < 1.29 is 28.2 Å². The third-order valence-corrected chi connectivity index (χ3v) is 5.60. The summed E-state index contributed by atoms with van der Waals surface area (Å²) in [7, 11) is 0. The van der Waals surface area contributed by atoms with Gasteiger partial charge in [-0.1, -0.05) is 43.7 Å². The third kappa shape index (κ3) is 6.88. The maximum absolute atomic E-state index is 13.9. The fraction of sp³-hybridized carbons (Fsp3) is 0.200. The molecular formula is C25H24ClF2NO4S. The molecule has 1 amide bonds. The Morgan fingerprint density at radius 3 is 2.59 bits per heavy atom. The second kappa shape index (κ2) is 12.3. The van der Waals surface area contributed by atoms with Crippen LogP contribution in [0.3, 0.4) is 0 Å². The molecular weight excluding hydrogens is 484 g/mol. The number of anilines is 1. The monoisotopic (exact) mass is 507 g/mol. The Kier molecular flexibility index (Phi) is 9.77. The lowest BCUT2D eigenvalue weighted by Crippen LogP contribution is -2.20. The molecule has 1 aromatic heterocycles. The van der Waals surface area contributed by atoms with Crippen molar-refractivity contribution in [2.45, 2.75) is 33.6 Å². The zero-order valence-electron chi connectivity index (χ0n) is 18.9. The number of carbonyl (C=O) groups is 2. The Balaban J connectivity index is 2.44. The van der Waals surface area contributed by atoms with Crippen LogP contribution in [-0.4, -0.2) is 17.0 Å². The number of halogens is 3. The van der Waals surface area contributed by atoms with Crippen LogP contribution >= 0.6 is 22.9 Å². The van der Waals surface area contributed by atoms with Gasteiger partial charge in [-0.05, 0) is 38.0 Å². The number of carbonyl (C=O) groups excluding carboxylic acids is 1. The van der Waals surface area contributed by atoms with Gasteiger partial charge in [-0.3, -0.25) is 4.79 Å². The molecule has 1 aromatic carbocycles. The van der Waals surface area contributed by atoms with Gasteiger partial charge >= 0.3 is 5.97 Å². The Bertz CT molecular complexity index is 1190. The fourth-order valence-electron chi connectivity index (χ4n) is 2.81. The number of ether oxygens (including phenoxy) is 1. The summed E-state index contributed by atoms with van der Waals surface area (Å²) in [6, 6.07) is 1.70. The van der Waals surface area contributed by atoms with Crippen LogP contribution in [0, 0.1) is 18.6 Å². The minimum absolute atomic E-state index is 0.0321. The highest BCUT2D eigenvalue weighted by Crippen LogP contribution is 2.34. The Morgan fingerprint density at radius 2 is 2.00 bits per heavy atom. The molecule has 0 unspecified atom stereocenters. The molecule has 0 aliphatic carbocycles. The van der Waals surface area contributed by atoms with Gasteiger partial charge in [-0.25, -0.2) is 13.6 Å². The second-order valence-corrected chi connectivity index (χ2v) is 8.64. The Labute approximate surface area is 205 Å². The molecule has 2 rings (SSSR count). The zero-order valence-corrected chi connectivity index (χ0v) is 20.4. The van der Waals surface area contributed by atoms with Crippen molar-refractivity contribution in [3.05, 3.63) is 87.5 Å². The number of nitrogens with one attached hydrogen (secondary N) is 1. The van der Waals surface area contributed by atoms with Crippen LogP contribution in [0.2, 0.25) is 0 Å². The summed E-state index contributed by atoms with van der Waals surface area (Å²) in [6.45, 7) is 8.66. The third-order valence-electron chi connectivity index (χ3n) is 4.58. The van der Waals surface area contributed by atoms with E-state index in [4.69, 9.17) is 16.3 Å². The van der Waals surface area contributed by atoms with E-state index in [0.29, 0.717) is 29.0 Å². The van der Waals surface area contributed by atoms with Crippen LogP contribution in [0.25, 0.3) is 5.57 Å².